The van der Waals surface area contributed by atoms with Gasteiger partial charge in [-0.3, -0.25) is 9.78 Å². The van der Waals surface area contributed by atoms with Crippen LogP contribution in [0.5, 0.6) is 11.5 Å². The average molecular weight is 437 g/mol. The van der Waals surface area contributed by atoms with E-state index in [4.69, 9.17) is 21.7 Å². The third-order valence-corrected chi connectivity index (χ3v) is 4.80. The molecule has 2 aromatic rings. The number of pyridine rings is 1. The first-order valence-corrected chi connectivity index (χ1v) is 9.33. The Morgan fingerprint density at radius 1 is 1.28 bits per heavy atom. The van der Waals surface area contributed by atoms with Gasteiger partial charge in [-0.15, -0.1) is 0 Å². The van der Waals surface area contributed by atoms with E-state index in [-0.39, 0.29) is 5.91 Å². The van der Waals surface area contributed by atoms with Gasteiger partial charge < -0.3 is 14.8 Å². The largest absolute Gasteiger partial charge is 0.489 e. The standard InChI is InChI=1S/C17H13BrN2O3S2/c18-12-3-4-14(23-7-6-22-13-2-1-5-19-10-13)11(8-12)9-15-16(21)20-17(24)25-15/h1-5,8-10H,6-7H2,(H,20,21,24)/b15-9-. The molecule has 2 heterocycles. The molecule has 1 aromatic heterocycles. The van der Waals surface area contributed by atoms with Crippen molar-refractivity contribution in [2.75, 3.05) is 13.2 Å². The third kappa shape index (κ3) is 5.04. The Kier molecular flexibility index (Phi) is 6.06. The maximum atomic E-state index is 11.8. The Hall–Kier alpha value is -1.90. The molecule has 0 saturated carbocycles. The van der Waals surface area contributed by atoms with Gasteiger partial charge in [-0.25, -0.2) is 0 Å². The first kappa shape index (κ1) is 17.9. The van der Waals surface area contributed by atoms with Crippen molar-refractivity contribution in [2.24, 2.45) is 0 Å². The maximum absolute atomic E-state index is 11.8. The van der Waals surface area contributed by atoms with Crippen LogP contribution in [0.2, 0.25) is 0 Å². The van der Waals surface area contributed by atoms with Crippen LogP contribution in [0.15, 0.2) is 52.1 Å². The van der Waals surface area contributed by atoms with Gasteiger partial charge in [0.05, 0.1) is 11.1 Å². The number of rotatable bonds is 6. The van der Waals surface area contributed by atoms with Crippen LogP contribution in [-0.4, -0.2) is 28.4 Å². The second-order valence-electron chi connectivity index (χ2n) is 4.92. The van der Waals surface area contributed by atoms with Crippen molar-refractivity contribution in [2.45, 2.75) is 0 Å². The van der Waals surface area contributed by atoms with Crippen LogP contribution in [0.25, 0.3) is 6.08 Å². The molecule has 0 bridgehead atoms. The van der Waals surface area contributed by atoms with Crippen molar-refractivity contribution in [3.05, 3.63) is 57.7 Å². The molecule has 1 aliphatic heterocycles. The smallest absolute Gasteiger partial charge is 0.263 e. The van der Waals surface area contributed by atoms with Crippen LogP contribution in [0, 0.1) is 0 Å². The lowest BCUT2D eigenvalue weighted by Crippen LogP contribution is -2.17. The molecule has 0 atom stereocenters. The quantitative estimate of drug-likeness (QED) is 0.422. The highest BCUT2D eigenvalue weighted by molar-refractivity contribution is 9.10. The highest BCUT2D eigenvalue weighted by atomic mass is 79.9. The summed E-state index contributed by atoms with van der Waals surface area (Å²) in [4.78, 5) is 16.4. The van der Waals surface area contributed by atoms with Crippen LogP contribution in [0.1, 0.15) is 5.56 Å². The van der Waals surface area contributed by atoms with E-state index in [1.165, 1.54) is 11.8 Å². The number of halogens is 1. The SMILES string of the molecule is O=C1NC(=S)S/C1=C\c1cc(Br)ccc1OCCOc1cccnc1. The fraction of sp³-hybridized carbons (Fsp3) is 0.118. The van der Waals surface area contributed by atoms with Crippen molar-refractivity contribution in [1.82, 2.24) is 10.3 Å². The highest BCUT2D eigenvalue weighted by Gasteiger charge is 2.22. The lowest BCUT2D eigenvalue weighted by atomic mass is 10.2. The van der Waals surface area contributed by atoms with Gasteiger partial charge in [-0.05, 0) is 36.4 Å². The number of amides is 1. The Labute approximate surface area is 162 Å². The summed E-state index contributed by atoms with van der Waals surface area (Å²) in [5, 5.41) is 2.60. The Morgan fingerprint density at radius 2 is 2.12 bits per heavy atom. The summed E-state index contributed by atoms with van der Waals surface area (Å²) in [7, 11) is 0. The Morgan fingerprint density at radius 3 is 2.84 bits per heavy atom. The van der Waals surface area contributed by atoms with Crippen LogP contribution >= 0.6 is 39.9 Å². The number of benzene rings is 1. The molecule has 0 aliphatic carbocycles. The highest BCUT2D eigenvalue weighted by Crippen LogP contribution is 2.31. The van der Waals surface area contributed by atoms with Crippen LogP contribution in [0.4, 0.5) is 0 Å². The summed E-state index contributed by atoms with van der Waals surface area (Å²) in [6.45, 7) is 0.752. The maximum Gasteiger partial charge on any atom is 0.263 e. The van der Waals surface area contributed by atoms with Crippen molar-refractivity contribution >= 4 is 56.2 Å². The van der Waals surface area contributed by atoms with Crippen LogP contribution < -0.4 is 14.8 Å². The number of hydrogen-bond donors (Lipinski definition) is 1. The summed E-state index contributed by atoms with van der Waals surface area (Å²) >= 11 is 9.68. The minimum Gasteiger partial charge on any atom is -0.489 e. The first-order valence-electron chi connectivity index (χ1n) is 7.32. The first-order chi connectivity index (χ1) is 12.1. The van der Waals surface area contributed by atoms with Gasteiger partial charge in [-0.1, -0.05) is 39.9 Å². The molecule has 0 unspecified atom stereocenters. The summed E-state index contributed by atoms with van der Waals surface area (Å²) in [5.74, 6) is 1.16. The van der Waals surface area contributed by atoms with Crippen LogP contribution in [0.3, 0.4) is 0 Å². The molecule has 128 valence electrons. The van der Waals surface area contributed by atoms with E-state index in [1.807, 2.05) is 30.3 Å². The number of ether oxygens (including phenoxy) is 2. The average Bonchev–Trinajstić information content (AvgIpc) is 2.91. The molecular formula is C17H13BrN2O3S2. The van der Waals surface area contributed by atoms with E-state index in [0.717, 1.165) is 10.0 Å². The van der Waals surface area contributed by atoms with Crippen molar-refractivity contribution < 1.29 is 14.3 Å². The molecule has 0 radical (unpaired) electrons. The van der Waals surface area contributed by atoms with E-state index in [9.17, 15) is 4.79 Å². The minimum absolute atomic E-state index is 0.194. The monoisotopic (exact) mass is 436 g/mol. The fourth-order valence-corrected chi connectivity index (χ4v) is 3.48. The topological polar surface area (TPSA) is 60.5 Å². The minimum atomic E-state index is -0.194. The zero-order valence-electron chi connectivity index (χ0n) is 12.9. The van der Waals surface area contributed by atoms with Gasteiger partial charge in [0, 0.05) is 16.2 Å². The van der Waals surface area contributed by atoms with Gasteiger partial charge in [-0.2, -0.15) is 0 Å². The number of nitrogens with zero attached hydrogens (tertiary/aromatic N) is 1. The van der Waals surface area contributed by atoms with Gasteiger partial charge >= 0.3 is 0 Å². The summed E-state index contributed by atoms with van der Waals surface area (Å²) in [6.07, 6.45) is 5.10. The van der Waals surface area contributed by atoms with E-state index < -0.39 is 0 Å². The molecule has 25 heavy (non-hydrogen) atoms. The van der Waals surface area contributed by atoms with Crippen molar-refractivity contribution in [3.63, 3.8) is 0 Å². The Balaban J connectivity index is 1.66. The lowest BCUT2D eigenvalue weighted by molar-refractivity contribution is -0.115. The van der Waals surface area contributed by atoms with Gasteiger partial charge in [0.2, 0.25) is 0 Å². The van der Waals surface area contributed by atoms with Gasteiger partial charge in [0.1, 0.15) is 29.0 Å². The zero-order chi connectivity index (χ0) is 17.6. The number of hydrogen-bond acceptors (Lipinski definition) is 6. The van der Waals surface area contributed by atoms with E-state index >= 15 is 0 Å². The normalized spacial score (nSPS) is 15.3. The molecular weight excluding hydrogens is 424 g/mol. The van der Waals surface area contributed by atoms with Crippen molar-refractivity contribution in [3.8, 4) is 11.5 Å². The predicted molar refractivity (Wildman–Crippen MR) is 106 cm³/mol. The summed E-state index contributed by atoms with van der Waals surface area (Å²) in [5.41, 5.74) is 0.790. The third-order valence-electron chi connectivity index (χ3n) is 3.14. The number of thioether (sulfide) groups is 1. The molecule has 3 rings (SSSR count). The fourth-order valence-electron chi connectivity index (χ4n) is 2.07. The second-order valence-corrected chi connectivity index (χ2v) is 7.55. The molecule has 1 saturated heterocycles. The number of aromatic nitrogens is 1. The molecule has 1 fully saturated rings. The van der Waals surface area contributed by atoms with Crippen molar-refractivity contribution in [1.29, 1.82) is 0 Å². The molecule has 1 N–H and O–H groups in total. The second kappa shape index (κ2) is 8.46. The molecule has 5 nitrogen and oxygen atoms in total. The lowest BCUT2D eigenvalue weighted by Gasteiger charge is -2.11. The van der Waals surface area contributed by atoms with Gasteiger partial charge in [0.25, 0.3) is 5.91 Å². The number of nitrogens with one attached hydrogen (secondary N) is 1. The van der Waals surface area contributed by atoms with E-state index in [0.29, 0.717) is 33.9 Å². The number of carbonyl (C=O) groups excluding carboxylic acids is 1. The predicted octanol–water partition coefficient (Wildman–Crippen LogP) is 3.79. The van der Waals surface area contributed by atoms with E-state index in [1.54, 1.807) is 18.5 Å². The number of thiocarbonyl (C=S) groups is 1. The number of carbonyl (C=O) groups is 1. The molecule has 1 aliphatic rings. The summed E-state index contributed by atoms with van der Waals surface area (Å²) < 4.78 is 12.7. The van der Waals surface area contributed by atoms with Gasteiger partial charge in [0.15, 0.2) is 0 Å². The Bertz CT molecular complexity index is 828. The molecule has 1 amide bonds. The van der Waals surface area contributed by atoms with E-state index in [2.05, 4.69) is 26.2 Å². The summed E-state index contributed by atoms with van der Waals surface area (Å²) in [6, 6.07) is 9.26. The molecule has 8 heteroatoms. The van der Waals surface area contributed by atoms with Crippen LogP contribution in [-0.2, 0) is 4.79 Å². The zero-order valence-corrected chi connectivity index (χ0v) is 16.1. The molecule has 0 spiro atoms. The molecule has 1 aromatic carbocycles.